The van der Waals surface area contributed by atoms with Gasteiger partial charge in [-0.2, -0.15) is 0 Å². The van der Waals surface area contributed by atoms with Crippen LogP contribution in [-0.4, -0.2) is 31.7 Å². The van der Waals surface area contributed by atoms with Gasteiger partial charge in [0, 0.05) is 12.8 Å². The molecule has 0 aliphatic carbocycles. The fraction of sp³-hybridized carbons (Fsp3) is 0.273. The van der Waals surface area contributed by atoms with Crippen molar-refractivity contribution in [2.75, 3.05) is 24.3 Å². The SMILES string of the molecule is COC1CNC(=O)N(c2ccc(N)cc2)C1=O. The number of nitrogens with zero attached hydrogens (tertiary/aromatic N) is 1. The highest BCUT2D eigenvalue weighted by Crippen LogP contribution is 2.19. The van der Waals surface area contributed by atoms with E-state index in [1.165, 1.54) is 7.11 Å². The Morgan fingerprint density at radius 2 is 2.00 bits per heavy atom. The summed E-state index contributed by atoms with van der Waals surface area (Å²) in [5, 5.41) is 2.59. The molecule has 6 nitrogen and oxygen atoms in total. The molecule has 1 fully saturated rings. The van der Waals surface area contributed by atoms with Gasteiger partial charge in [-0.25, -0.2) is 9.69 Å². The van der Waals surface area contributed by atoms with Crippen LogP contribution >= 0.6 is 0 Å². The molecule has 1 atom stereocenters. The van der Waals surface area contributed by atoms with Crippen molar-refractivity contribution in [2.24, 2.45) is 0 Å². The van der Waals surface area contributed by atoms with Gasteiger partial charge in [0.25, 0.3) is 5.91 Å². The molecular formula is C11H13N3O3. The van der Waals surface area contributed by atoms with E-state index in [1.54, 1.807) is 24.3 Å². The lowest BCUT2D eigenvalue weighted by atomic mass is 10.2. The van der Waals surface area contributed by atoms with Gasteiger partial charge >= 0.3 is 6.03 Å². The number of rotatable bonds is 2. The van der Waals surface area contributed by atoms with E-state index >= 15 is 0 Å². The van der Waals surface area contributed by atoms with Crippen molar-refractivity contribution in [3.8, 4) is 0 Å². The molecule has 2 rings (SSSR count). The molecule has 0 spiro atoms. The molecule has 1 aromatic rings. The summed E-state index contributed by atoms with van der Waals surface area (Å²) in [6.07, 6.45) is -0.648. The highest BCUT2D eigenvalue weighted by molar-refractivity contribution is 6.17. The molecular weight excluding hydrogens is 222 g/mol. The van der Waals surface area contributed by atoms with Crippen LogP contribution in [0.2, 0.25) is 0 Å². The Morgan fingerprint density at radius 3 is 2.59 bits per heavy atom. The number of hydrogen-bond donors (Lipinski definition) is 2. The number of nitrogen functional groups attached to an aromatic ring is 1. The Labute approximate surface area is 98.3 Å². The predicted octanol–water partition coefficient (Wildman–Crippen LogP) is 0.340. The summed E-state index contributed by atoms with van der Waals surface area (Å²) in [7, 11) is 1.43. The first kappa shape index (κ1) is 11.4. The second-order valence-corrected chi connectivity index (χ2v) is 3.68. The molecule has 0 bridgehead atoms. The van der Waals surface area contributed by atoms with Crippen molar-refractivity contribution < 1.29 is 14.3 Å². The van der Waals surface area contributed by atoms with E-state index in [2.05, 4.69) is 5.32 Å². The zero-order valence-corrected chi connectivity index (χ0v) is 9.34. The first-order chi connectivity index (χ1) is 8.13. The molecule has 6 heteroatoms. The van der Waals surface area contributed by atoms with Gasteiger partial charge in [0.05, 0.1) is 12.2 Å². The fourth-order valence-electron chi connectivity index (χ4n) is 1.64. The fourth-order valence-corrected chi connectivity index (χ4v) is 1.64. The maximum absolute atomic E-state index is 12.0. The summed E-state index contributed by atoms with van der Waals surface area (Å²) < 4.78 is 5.00. The van der Waals surface area contributed by atoms with Gasteiger partial charge in [0.2, 0.25) is 0 Å². The van der Waals surface area contributed by atoms with Crippen LogP contribution in [0.15, 0.2) is 24.3 Å². The average Bonchev–Trinajstić information content (AvgIpc) is 2.32. The zero-order valence-electron chi connectivity index (χ0n) is 9.34. The molecule has 1 aromatic carbocycles. The lowest BCUT2D eigenvalue weighted by Gasteiger charge is -2.30. The van der Waals surface area contributed by atoms with Crippen molar-refractivity contribution in [2.45, 2.75) is 6.10 Å². The topological polar surface area (TPSA) is 84.7 Å². The first-order valence-corrected chi connectivity index (χ1v) is 5.13. The van der Waals surface area contributed by atoms with Crippen LogP contribution in [-0.2, 0) is 9.53 Å². The summed E-state index contributed by atoms with van der Waals surface area (Å²) in [5.74, 6) is -0.374. The number of methoxy groups -OCH3 is 1. The maximum Gasteiger partial charge on any atom is 0.328 e. The normalized spacial score (nSPS) is 20.3. The van der Waals surface area contributed by atoms with Crippen LogP contribution in [0.5, 0.6) is 0 Å². The number of carbonyl (C=O) groups is 2. The summed E-state index contributed by atoms with van der Waals surface area (Å²) in [4.78, 5) is 24.7. The van der Waals surface area contributed by atoms with E-state index in [9.17, 15) is 9.59 Å². The van der Waals surface area contributed by atoms with Gasteiger partial charge in [0.15, 0.2) is 6.10 Å². The summed E-state index contributed by atoms with van der Waals surface area (Å²) in [6.45, 7) is 0.194. The summed E-state index contributed by atoms with van der Waals surface area (Å²) in [6, 6.07) is 6.04. The molecule has 1 aliphatic rings. The molecule has 1 saturated heterocycles. The molecule has 1 aliphatic heterocycles. The summed E-state index contributed by atoms with van der Waals surface area (Å²) >= 11 is 0. The van der Waals surface area contributed by atoms with Crippen LogP contribution in [0.1, 0.15) is 0 Å². The number of carbonyl (C=O) groups excluding carboxylic acids is 2. The number of nitrogens with two attached hydrogens (primary N) is 1. The van der Waals surface area contributed by atoms with Crippen molar-refractivity contribution in [1.82, 2.24) is 5.32 Å². The lowest BCUT2D eigenvalue weighted by Crippen LogP contribution is -2.58. The molecule has 17 heavy (non-hydrogen) atoms. The van der Waals surface area contributed by atoms with Crippen molar-refractivity contribution in [3.05, 3.63) is 24.3 Å². The van der Waals surface area contributed by atoms with Gasteiger partial charge in [-0.05, 0) is 24.3 Å². The number of hydrogen-bond acceptors (Lipinski definition) is 4. The Hall–Kier alpha value is -2.08. The van der Waals surface area contributed by atoms with E-state index in [0.29, 0.717) is 11.4 Å². The number of urea groups is 1. The minimum absolute atomic E-state index is 0.194. The largest absolute Gasteiger partial charge is 0.399 e. The van der Waals surface area contributed by atoms with Crippen LogP contribution in [0, 0.1) is 0 Å². The van der Waals surface area contributed by atoms with E-state index in [0.717, 1.165) is 4.90 Å². The Kier molecular flexibility index (Phi) is 2.97. The Balaban J connectivity index is 2.31. The third-order valence-corrected chi connectivity index (χ3v) is 2.57. The van der Waals surface area contributed by atoms with Gasteiger partial charge in [0.1, 0.15) is 0 Å². The molecule has 1 unspecified atom stereocenters. The number of anilines is 2. The number of imide groups is 1. The molecule has 3 amide bonds. The number of nitrogens with one attached hydrogen (secondary N) is 1. The second-order valence-electron chi connectivity index (χ2n) is 3.68. The molecule has 0 aromatic heterocycles. The Bertz CT molecular complexity index is 444. The molecule has 0 radical (unpaired) electrons. The van der Waals surface area contributed by atoms with Crippen molar-refractivity contribution in [3.63, 3.8) is 0 Å². The highest BCUT2D eigenvalue weighted by Gasteiger charge is 2.35. The lowest BCUT2D eigenvalue weighted by molar-refractivity contribution is -0.128. The second kappa shape index (κ2) is 4.42. The minimum atomic E-state index is -0.648. The number of benzene rings is 1. The van der Waals surface area contributed by atoms with Crippen LogP contribution in [0.25, 0.3) is 0 Å². The van der Waals surface area contributed by atoms with E-state index in [1.807, 2.05) is 0 Å². The third-order valence-electron chi connectivity index (χ3n) is 2.57. The van der Waals surface area contributed by atoms with Gasteiger partial charge < -0.3 is 15.8 Å². The van der Waals surface area contributed by atoms with E-state index in [-0.39, 0.29) is 12.5 Å². The van der Waals surface area contributed by atoms with Gasteiger partial charge in [-0.3, -0.25) is 4.79 Å². The molecule has 3 N–H and O–H groups in total. The van der Waals surface area contributed by atoms with E-state index in [4.69, 9.17) is 10.5 Å². The van der Waals surface area contributed by atoms with E-state index < -0.39 is 12.1 Å². The first-order valence-electron chi connectivity index (χ1n) is 5.13. The Morgan fingerprint density at radius 1 is 1.35 bits per heavy atom. The van der Waals surface area contributed by atoms with Crippen molar-refractivity contribution in [1.29, 1.82) is 0 Å². The summed E-state index contributed by atoms with van der Waals surface area (Å²) in [5.41, 5.74) is 6.60. The van der Waals surface area contributed by atoms with Crippen LogP contribution < -0.4 is 16.0 Å². The minimum Gasteiger partial charge on any atom is -0.399 e. The molecule has 1 heterocycles. The molecule has 0 saturated carbocycles. The maximum atomic E-state index is 12.0. The van der Waals surface area contributed by atoms with Gasteiger partial charge in [-0.1, -0.05) is 0 Å². The predicted molar refractivity (Wildman–Crippen MR) is 62.5 cm³/mol. The average molecular weight is 235 g/mol. The third kappa shape index (κ3) is 2.07. The monoisotopic (exact) mass is 235 g/mol. The van der Waals surface area contributed by atoms with Crippen LogP contribution in [0.4, 0.5) is 16.2 Å². The van der Waals surface area contributed by atoms with Gasteiger partial charge in [-0.15, -0.1) is 0 Å². The standard InChI is InChI=1S/C11H13N3O3/c1-17-9-6-13-11(16)14(10(9)15)8-4-2-7(12)3-5-8/h2-5,9H,6,12H2,1H3,(H,13,16). The zero-order chi connectivity index (χ0) is 12.4. The highest BCUT2D eigenvalue weighted by atomic mass is 16.5. The smallest absolute Gasteiger partial charge is 0.328 e. The molecule has 90 valence electrons. The number of ether oxygens (including phenoxy) is 1. The number of amides is 3. The quantitative estimate of drug-likeness (QED) is 0.724. The van der Waals surface area contributed by atoms with Crippen molar-refractivity contribution >= 4 is 23.3 Å². The van der Waals surface area contributed by atoms with Crippen LogP contribution in [0.3, 0.4) is 0 Å².